The molecule has 3 nitrogen and oxygen atoms in total. The molecule has 0 fully saturated rings. The number of rotatable bonds is 3. The maximum atomic E-state index is 13.8. The molecule has 0 unspecified atom stereocenters. The largest absolute Gasteiger partial charge is 0.310 e. The molecule has 3 rings (SSSR count). The van der Waals surface area contributed by atoms with Crippen molar-refractivity contribution in [1.82, 2.24) is 4.57 Å². The molecular formula is C19H11ClF2N2O. The molecule has 0 aliphatic rings. The zero-order valence-electron chi connectivity index (χ0n) is 12.8. The molecule has 0 saturated heterocycles. The highest BCUT2D eigenvalue weighted by Crippen LogP contribution is 2.28. The SMILES string of the molecule is [C-]#[N+]c1c(F)cc(-c2ccc(=O)n(Cc3cccc(Cl)c3)c2)cc1F. The summed E-state index contributed by atoms with van der Waals surface area (Å²) < 4.78 is 29.1. The lowest BCUT2D eigenvalue weighted by Gasteiger charge is -2.10. The van der Waals surface area contributed by atoms with Crippen molar-refractivity contribution in [2.45, 2.75) is 6.54 Å². The molecule has 2 aromatic carbocycles. The second-order valence-corrected chi connectivity index (χ2v) is 5.85. The predicted molar refractivity (Wildman–Crippen MR) is 92.9 cm³/mol. The average molecular weight is 357 g/mol. The minimum Gasteiger partial charge on any atom is -0.310 e. The lowest BCUT2D eigenvalue weighted by molar-refractivity contribution is 0.594. The molecule has 6 heteroatoms. The quantitative estimate of drug-likeness (QED) is 0.603. The van der Waals surface area contributed by atoms with Gasteiger partial charge in [-0.25, -0.2) is 13.6 Å². The second kappa shape index (κ2) is 6.88. The van der Waals surface area contributed by atoms with Gasteiger partial charge in [-0.2, -0.15) is 0 Å². The van der Waals surface area contributed by atoms with Gasteiger partial charge in [-0.05, 0) is 47.0 Å². The Morgan fingerprint density at radius 1 is 1.04 bits per heavy atom. The molecular weight excluding hydrogens is 346 g/mol. The molecule has 0 aliphatic carbocycles. The van der Waals surface area contributed by atoms with Gasteiger partial charge in [-0.15, -0.1) is 0 Å². The van der Waals surface area contributed by atoms with E-state index >= 15 is 0 Å². The van der Waals surface area contributed by atoms with Crippen molar-refractivity contribution in [2.24, 2.45) is 0 Å². The third-order valence-corrected chi connectivity index (χ3v) is 3.92. The van der Waals surface area contributed by atoms with Crippen LogP contribution < -0.4 is 5.56 Å². The van der Waals surface area contributed by atoms with E-state index in [1.54, 1.807) is 18.2 Å². The van der Waals surface area contributed by atoms with Crippen LogP contribution in [0.4, 0.5) is 14.5 Å². The highest BCUT2D eigenvalue weighted by Gasteiger charge is 2.13. The van der Waals surface area contributed by atoms with Crippen LogP contribution in [0.3, 0.4) is 0 Å². The Balaban J connectivity index is 2.03. The zero-order valence-corrected chi connectivity index (χ0v) is 13.6. The number of hydrogen-bond donors (Lipinski definition) is 0. The van der Waals surface area contributed by atoms with Crippen molar-refractivity contribution in [2.75, 3.05) is 0 Å². The van der Waals surface area contributed by atoms with E-state index < -0.39 is 17.3 Å². The first-order chi connectivity index (χ1) is 12.0. The smallest absolute Gasteiger partial charge is 0.256 e. The van der Waals surface area contributed by atoms with Gasteiger partial charge < -0.3 is 4.57 Å². The molecule has 0 saturated carbocycles. The monoisotopic (exact) mass is 356 g/mol. The molecule has 1 heterocycles. The van der Waals surface area contributed by atoms with Crippen molar-refractivity contribution >= 4 is 17.3 Å². The Morgan fingerprint density at radius 2 is 1.76 bits per heavy atom. The first kappa shape index (κ1) is 16.9. The van der Waals surface area contributed by atoms with Crippen LogP contribution in [0, 0.1) is 18.2 Å². The van der Waals surface area contributed by atoms with E-state index in [1.165, 1.54) is 22.9 Å². The number of benzene rings is 2. The second-order valence-electron chi connectivity index (χ2n) is 5.41. The van der Waals surface area contributed by atoms with Crippen LogP contribution in [0.25, 0.3) is 16.0 Å². The van der Waals surface area contributed by atoms with Crippen LogP contribution in [0.1, 0.15) is 5.56 Å². The van der Waals surface area contributed by atoms with Gasteiger partial charge in [0.05, 0.1) is 13.1 Å². The highest BCUT2D eigenvalue weighted by atomic mass is 35.5. The van der Waals surface area contributed by atoms with Crippen molar-refractivity contribution in [3.05, 3.63) is 98.7 Å². The lowest BCUT2D eigenvalue weighted by atomic mass is 10.1. The Morgan fingerprint density at radius 3 is 2.40 bits per heavy atom. The molecule has 0 N–H and O–H groups in total. The molecule has 0 radical (unpaired) electrons. The van der Waals surface area contributed by atoms with Crippen LogP contribution in [-0.4, -0.2) is 4.57 Å². The zero-order chi connectivity index (χ0) is 18.0. The van der Waals surface area contributed by atoms with Crippen molar-refractivity contribution in [1.29, 1.82) is 0 Å². The van der Waals surface area contributed by atoms with Gasteiger partial charge in [-0.1, -0.05) is 23.7 Å². The summed E-state index contributed by atoms with van der Waals surface area (Å²) in [5, 5.41) is 0.556. The molecule has 124 valence electrons. The van der Waals surface area contributed by atoms with E-state index in [4.69, 9.17) is 18.2 Å². The van der Waals surface area contributed by atoms with Gasteiger partial charge >= 0.3 is 0 Å². The standard InChI is InChI=1S/C19H11ClF2N2O/c1-23-19-16(21)8-14(9-17(19)22)13-5-6-18(25)24(11-13)10-12-3-2-4-15(20)7-12/h2-9,11H,10H2. The molecule has 0 bridgehead atoms. The van der Waals surface area contributed by atoms with Crippen molar-refractivity contribution in [3.8, 4) is 11.1 Å². The summed E-state index contributed by atoms with van der Waals surface area (Å²) >= 11 is 5.95. The van der Waals surface area contributed by atoms with Crippen LogP contribution in [0.5, 0.6) is 0 Å². The van der Waals surface area contributed by atoms with Crippen molar-refractivity contribution < 1.29 is 8.78 Å². The number of pyridine rings is 1. The molecule has 25 heavy (non-hydrogen) atoms. The van der Waals surface area contributed by atoms with E-state index in [9.17, 15) is 13.6 Å². The van der Waals surface area contributed by atoms with Gasteiger partial charge in [0.2, 0.25) is 0 Å². The molecule has 1 aromatic heterocycles. The molecule has 0 spiro atoms. The van der Waals surface area contributed by atoms with Gasteiger partial charge in [0.15, 0.2) is 0 Å². The maximum Gasteiger partial charge on any atom is 0.256 e. The third-order valence-electron chi connectivity index (χ3n) is 3.69. The van der Waals surface area contributed by atoms with E-state index in [1.807, 2.05) is 6.07 Å². The minimum absolute atomic E-state index is 0.248. The van der Waals surface area contributed by atoms with Gasteiger partial charge in [0, 0.05) is 17.3 Å². The summed E-state index contributed by atoms with van der Waals surface area (Å²) in [6.45, 7) is 7.07. The molecule has 0 amide bonds. The van der Waals surface area contributed by atoms with Crippen LogP contribution in [-0.2, 0) is 6.54 Å². The van der Waals surface area contributed by atoms with Gasteiger partial charge in [0.25, 0.3) is 11.2 Å². The number of hydrogen-bond acceptors (Lipinski definition) is 1. The Bertz CT molecular complexity index is 1030. The molecule has 3 aromatic rings. The first-order valence-electron chi connectivity index (χ1n) is 7.30. The highest BCUT2D eigenvalue weighted by molar-refractivity contribution is 6.30. The summed E-state index contributed by atoms with van der Waals surface area (Å²) in [5.41, 5.74) is 0.657. The van der Waals surface area contributed by atoms with Crippen LogP contribution >= 0.6 is 11.6 Å². The fourth-order valence-corrected chi connectivity index (χ4v) is 2.71. The van der Waals surface area contributed by atoms with E-state index in [2.05, 4.69) is 4.85 Å². The van der Waals surface area contributed by atoms with Crippen molar-refractivity contribution in [3.63, 3.8) is 0 Å². The predicted octanol–water partition coefficient (Wildman–Crippen LogP) is 5.05. The fraction of sp³-hybridized carbons (Fsp3) is 0.0526. The number of aromatic nitrogens is 1. The van der Waals surface area contributed by atoms with Crippen LogP contribution in [0.2, 0.25) is 5.02 Å². The lowest BCUT2D eigenvalue weighted by Crippen LogP contribution is -2.19. The summed E-state index contributed by atoms with van der Waals surface area (Å²) in [6.07, 6.45) is 1.52. The minimum atomic E-state index is -0.933. The summed E-state index contributed by atoms with van der Waals surface area (Å²) in [6, 6.07) is 12.1. The fourth-order valence-electron chi connectivity index (χ4n) is 2.50. The Hall–Kier alpha value is -2.97. The summed E-state index contributed by atoms with van der Waals surface area (Å²) in [4.78, 5) is 14.9. The summed E-state index contributed by atoms with van der Waals surface area (Å²) in [5.74, 6) is -1.87. The van der Waals surface area contributed by atoms with Gasteiger partial charge in [-0.3, -0.25) is 4.79 Å². The topological polar surface area (TPSA) is 26.4 Å². The Labute approximate surface area is 147 Å². The normalized spacial score (nSPS) is 10.5. The number of halogens is 3. The van der Waals surface area contributed by atoms with E-state index in [-0.39, 0.29) is 17.7 Å². The van der Waals surface area contributed by atoms with E-state index in [0.717, 1.165) is 17.7 Å². The van der Waals surface area contributed by atoms with Gasteiger partial charge in [0.1, 0.15) is 11.6 Å². The summed E-state index contributed by atoms with van der Waals surface area (Å²) in [7, 11) is 0. The van der Waals surface area contributed by atoms with E-state index in [0.29, 0.717) is 10.6 Å². The molecule has 0 atom stereocenters. The third kappa shape index (κ3) is 3.59. The average Bonchev–Trinajstić information content (AvgIpc) is 2.56. The Kier molecular flexibility index (Phi) is 4.64. The molecule has 0 aliphatic heterocycles. The number of nitrogens with zero attached hydrogens (tertiary/aromatic N) is 2. The first-order valence-corrected chi connectivity index (χ1v) is 7.67. The maximum absolute atomic E-state index is 13.8. The van der Waals surface area contributed by atoms with Crippen LogP contribution in [0.15, 0.2) is 59.5 Å².